The van der Waals surface area contributed by atoms with E-state index in [1.54, 1.807) is 0 Å². The molecule has 22 heteroatoms. The van der Waals surface area contributed by atoms with Gasteiger partial charge in [0, 0.05) is 12.8 Å². The van der Waals surface area contributed by atoms with Crippen molar-refractivity contribution in [3.8, 4) is 0 Å². The van der Waals surface area contributed by atoms with Crippen molar-refractivity contribution < 1.29 is 87.8 Å². The normalized spacial score (nSPS) is 16.2. The van der Waals surface area contributed by atoms with Crippen molar-refractivity contribution in [1.82, 2.24) is 0 Å². The lowest BCUT2D eigenvalue weighted by Crippen LogP contribution is -2.55. The first-order valence-corrected chi connectivity index (χ1v) is 9.57. The highest BCUT2D eigenvalue weighted by Crippen LogP contribution is 2.53. The van der Waals surface area contributed by atoms with E-state index >= 15 is 0 Å². The minimum Gasteiger partial charge on any atom is -0.224 e. The zero-order valence-corrected chi connectivity index (χ0v) is 20.8. The summed E-state index contributed by atoms with van der Waals surface area (Å²) in [6.45, 7) is 2.78. The van der Waals surface area contributed by atoms with Gasteiger partial charge < -0.3 is 0 Å². The number of rotatable bonds is 6. The van der Waals surface area contributed by atoms with Gasteiger partial charge in [0.05, 0.1) is 5.92 Å². The van der Waals surface area contributed by atoms with Gasteiger partial charge in [-0.15, -0.1) is 23.6 Å². The van der Waals surface area contributed by atoms with E-state index in [1.165, 1.54) is 0 Å². The van der Waals surface area contributed by atoms with Crippen LogP contribution in [0.4, 0.5) is 87.8 Å². The SMILES string of the molecule is Br.C=CCC(CC(F)(C(F)(F)F)C(F)(F)F)C(F)(F)F.FC(F)(F)C(I)CC(F)(C(F)(F)F)C(F)(F)F. The molecule has 0 rings (SSSR count). The van der Waals surface area contributed by atoms with E-state index in [-0.39, 0.29) is 39.6 Å². The van der Waals surface area contributed by atoms with Crippen molar-refractivity contribution in [2.75, 3.05) is 0 Å². The second-order valence-electron chi connectivity index (χ2n) is 6.77. The first kappa shape index (κ1) is 41.0. The monoisotopic (exact) mass is 778 g/mol. The minimum absolute atomic E-state index is 0. The quantitative estimate of drug-likeness (QED) is 0.109. The Morgan fingerprint density at radius 1 is 0.514 bits per heavy atom. The molecule has 37 heavy (non-hydrogen) atoms. The minimum atomic E-state index is -6.49. The highest BCUT2D eigenvalue weighted by molar-refractivity contribution is 14.1. The average Bonchev–Trinajstić information content (AvgIpc) is 2.56. The standard InChI is InChI=1S/C9H8F10.C6H3F10I.BrH/c1-2-3-5(7(11,12)13)4-6(10,8(14,15)16)9(17,18)19;7-3(5(11,12)13,6(14,15)16)1-2(17)4(8,9)10;/h2,5H,1,3-4H2;2H,1H2;1H. The first-order valence-electron chi connectivity index (χ1n) is 8.32. The van der Waals surface area contributed by atoms with Crippen LogP contribution in [-0.4, -0.2) is 52.3 Å². The molecule has 0 radical (unpaired) electrons. The van der Waals surface area contributed by atoms with Crippen LogP contribution in [0.3, 0.4) is 0 Å². The molecule has 2 atom stereocenters. The largest absolute Gasteiger partial charge is 0.431 e. The van der Waals surface area contributed by atoms with Crippen LogP contribution in [0.25, 0.3) is 0 Å². The predicted molar refractivity (Wildman–Crippen MR) is 99.7 cm³/mol. The Bertz CT molecular complexity index is 665. The molecule has 0 aromatic rings. The first-order chi connectivity index (χ1) is 15.3. The van der Waals surface area contributed by atoms with Gasteiger partial charge in [-0.05, 0) is 6.42 Å². The molecular weight excluding hydrogens is 767 g/mol. The van der Waals surface area contributed by atoms with E-state index in [1.807, 2.05) is 0 Å². The van der Waals surface area contributed by atoms with E-state index in [0.29, 0.717) is 6.08 Å². The molecule has 226 valence electrons. The molecule has 0 amide bonds. The summed E-state index contributed by atoms with van der Waals surface area (Å²) in [5.41, 5.74) is -11.8. The maximum absolute atomic E-state index is 13.1. The fourth-order valence-corrected chi connectivity index (χ4v) is 2.63. The van der Waals surface area contributed by atoms with Crippen LogP contribution in [0.1, 0.15) is 19.3 Å². The Kier molecular flexibility index (Phi) is 14.2. The fraction of sp³-hybridized carbons (Fsp3) is 0.867. The van der Waals surface area contributed by atoms with Gasteiger partial charge in [-0.3, -0.25) is 0 Å². The van der Waals surface area contributed by atoms with Gasteiger partial charge in [-0.25, -0.2) is 8.78 Å². The van der Waals surface area contributed by atoms with Crippen LogP contribution in [-0.2, 0) is 0 Å². The topological polar surface area (TPSA) is 0 Å². The molecule has 0 aromatic heterocycles. The predicted octanol–water partition coefficient (Wildman–Crippen LogP) is 10.1. The van der Waals surface area contributed by atoms with Gasteiger partial charge in [0.2, 0.25) is 0 Å². The van der Waals surface area contributed by atoms with Crippen molar-refractivity contribution in [3.63, 3.8) is 0 Å². The molecule has 0 fully saturated rings. The summed E-state index contributed by atoms with van der Waals surface area (Å²) in [4.78, 5) is 0. The molecule has 0 aliphatic heterocycles. The van der Waals surface area contributed by atoms with Gasteiger partial charge in [-0.2, -0.15) is 79.0 Å². The van der Waals surface area contributed by atoms with E-state index < -0.39 is 77.5 Å². The lowest BCUT2D eigenvalue weighted by Gasteiger charge is -2.33. The molecule has 0 heterocycles. The second-order valence-corrected chi connectivity index (χ2v) is 8.28. The van der Waals surface area contributed by atoms with Crippen LogP contribution in [0.5, 0.6) is 0 Å². The second kappa shape index (κ2) is 12.8. The van der Waals surface area contributed by atoms with E-state index in [2.05, 4.69) is 6.58 Å². The van der Waals surface area contributed by atoms with Gasteiger partial charge in [0.15, 0.2) is 0 Å². The number of alkyl halides is 21. The van der Waals surface area contributed by atoms with Gasteiger partial charge in [-0.1, -0.05) is 28.7 Å². The van der Waals surface area contributed by atoms with Crippen molar-refractivity contribution >= 4 is 39.6 Å². The summed E-state index contributed by atoms with van der Waals surface area (Å²) in [6.07, 6.45) is -43.0. The van der Waals surface area contributed by atoms with Gasteiger partial charge >= 0.3 is 42.7 Å². The molecular formula is C15H12BrF20I. The summed E-state index contributed by atoms with van der Waals surface area (Å²) in [5, 5.41) is 0. The molecule has 0 saturated heterocycles. The molecule has 0 aromatic carbocycles. The zero-order chi connectivity index (χ0) is 30.0. The van der Waals surface area contributed by atoms with Gasteiger partial charge in [0.1, 0.15) is 3.92 Å². The zero-order valence-electron chi connectivity index (χ0n) is 16.9. The highest BCUT2D eigenvalue weighted by atomic mass is 127. The Labute approximate surface area is 217 Å². The maximum atomic E-state index is 13.1. The lowest BCUT2D eigenvalue weighted by molar-refractivity contribution is -0.352. The maximum Gasteiger partial charge on any atom is 0.431 e. The average molecular weight is 779 g/mol. The van der Waals surface area contributed by atoms with E-state index in [9.17, 15) is 87.8 Å². The van der Waals surface area contributed by atoms with E-state index in [4.69, 9.17) is 0 Å². The number of allylic oxidation sites excluding steroid dienone is 1. The lowest BCUT2D eigenvalue weighted by atomic mass is 9.88. The smallest absolute Gasteiger partial charge is 0.224 e. The third-order valence-corrected chi connectivity index (χ3v) is 5.20. The van der Waals surface area contributed by atoms with Crippen LogP contribution >= 0.6 is 39.6 Å². The van der Waals surface area contributed by atoms with Gasteiger partial charge in [0.25, 0.3) is 5.67 Å². The third kappa shape index (κ3) is 10.9. The summed E-state index contributed by atoms with van der Waals surface area (Å²) in [5.74, 6) is -3.13. The molecule has 0 bridgehead atoms. The van der Waals surface area contributed by atoms with Crippen molar-refractivity contribution in [1.29, 1.82) is 0 Å². The van der Waals surface area contributed by atoms with Crippen LogP contribution in [0, 0.1) is 5.92 Å². The number of hydrogen-bond acceptors (Lipinski definition) is 0. The van der Waals surface area contributed by atoms with Crippen LogP contribution in [0.2, 0.25) is 0 Å². The molecule has 2 unspecified atom stereocenters. The Morgan fingerprint density at radius 3 is 0.973 bits per heavy atom. The summed E-state index contributed by atoms with van der Waals surface area (Å²) < 4.78 is 239. The Hall–Kier alpha value is -0.450. The number of halogens is 22. The highest BCUT2D eigenvalue weighted by Gasteiger charge is 2.74. The van der Waals surface area contributed by atoms with Crippen molar-refractivity contribution in [3.05, 3.63) is 12.7 Å². The molecule has 0 nitrogen and oxygen atoms in total. The fourth-order valence-electron chi connectivity index (χ4n) is 2.02. The summed E-state index contributed by atoms with van der Waals surface area (Å²) in [7, 11) is 0. The summed E-state index contributed by atoms with van der Waals surface area (Å²) >= 11 is 0.288. The van der Waals surface area contributed by atoms with Crippen LogP contribution in [0.15, 0.2) is 12.7 Å². The number of hydrogen-bond donors (Lipinski definition) is 0. The molecule has 0 saturated carbocycles. The molecule has 0 aliphatic rings. The van der Waals surface area contributed by atoms with E-state index in [0.717, 1.165) is 0 Å². The summed E-state index contributed by atoms with van der Waals surface area (Å²) in [6, 6.07) is 0. The molecule has 0 spiro atoms. The van der Waals surface area contributed by atoms with Crippen molar-refractivity contribution in [2.24, 2.45) is 5.92 Å². The molecule has 0 N–H and O–H groups in total. The third-order valence-electron chi connectivity index (χ3n) is 4.05. The Morgan fingerprint density at radius 2 is 0.784 bits per heavy atom. The molecule has 0 aliphatic carbocycles. The van der Waals surface area contributed by atoms with Crippen molar-refractivity contribution in [2.45, 2.75) is 71.6 Å². The Balaban J connectivity index is -0.000000612. The van der Waals surface area contributed by atoms with Crippen LogP contribution < -0.4 is 0 Å².